The Bertz CT molecular complexity index is 592. The Labute approximate surface area is 170 Å². The molecule has 1 saturated heterocycles. The predicted molar refractivity (Wildman–Crippen MR) is 109 cm³/mol. The second-order valence-electron chi connectivity index (χ2n) is 10.5. The van der Waals surface area contributed by atoms with Gasteiger partial charge in [-0.3, -0.25) is 0 Å². The number of esters is 1. The second-order valence-corrected chi connectivity index (χ2v) is 10.5. The third-order valence-electron chi connectivity index (χ3n) is 7.75. The zero-order chi connectivity index (χ0) is 19.8. The molecule has 0 aromatic rings. The Morgan fingerprint density at radius 3 is 2.29 bits per heavy atom. The van der Waals surface area contributed by atoms with Crippen LogP contribution >= 0.6 is 0 Å². The van der Waals surface area contributed by atoms with Crippen LogP contribution in [-0.2, 0) is 19.0 Å². The molecule has 0 N–H and O–H groups in total. The van der Waals surface area contributed by atoms with Crippen LogP contribution in [0.25, 0.3) is 0 Å². The van der Waals surface area contributed by atoms with Gasteiger partial charge in [-0.05, 0) is 70.1 Å². The van der Waals surface area contributed by atoms with Crippen molar-refractivity contribution in [3.05, 3.63) is 12.2 Å². The average Bonchev–Trinajstić information content (AvgIpc) is 2.58. The quantitative estimate of drug-likeness (QED) is 0.292. The maximum Gasteiger partial charge on any atom is 0.333 e. The smallest absolute Gasteiger partial charge is 0.333 e. The van der Waals surface area contributed by atoms with Crippen LogP contribution in [0.15, 0.2) is 12.2 Å². The molecular formula is C24H38O4. The average molecular weight is 391 g/mol. The van der Waals surface area contributed by atoms with Gasteiger partial charge in [0.15, 0.2) is 0 Å². The lowest BCUT2D eigenvalue weighted by Gasteiger charge is -2.60. The first-order chi connectivity index (χ1) is 13.4. The fourth-order valence-corrected chi connectivity index (χ4v) is 6.76. The van der Waals surface area contributed by atoms with Crippen molar-refractivity contribution < 1.29 is 19.0 Å². The minimum Gasteiger partial charge on any atom is -0.456 e. The lowest BCUT2D eigenvalue weighted by molar-refractivity contribution is -0.233. The van der Waals surface area contributed by atoms with Crippen molar-refractivity contribution in [3.8, 4) is 0 Å². The SMILES string of the molecule is C=C(C)C(=O)OC12CC3CC(CC(OCCCC4(CCCC)COC4)(C3)C1)C2. The van der Waals surface area contributed by atoms with E-state index in [0.717, 1.165) is 58.3 Å². The molecule has 2 unspecified atom stereocenters. The highest BCUT2D eigenvalue weighted by molar-refractivity contribution is 5.87. The molecule has 158 valence electrons. The summed E-state index contributed by atoms with van der Waals surface area (Å²) in [5, 5.41) is 0. The van der Waals surface area contributed by atoms with Crippen molar-refractivity contribution >= 4 is 5.97 Å². The van der Waals surface area contributed by atoms with Crippen LogP contribution in [0.2, 0.25) is 0 Å². The summed E-state index contributed by atoms with van der Waals surface area (Å²) in [5.41, 5.74) is 0.556. The van der Waals surface area contributed by atoms with E-state index in [9.17, 15) is 4.79 Å². The van der Waals surface area contributed by atoms with E-state index in [1.165, 1.54) is 32.1 Å². The van der Waals surface area contributed by atoms with E-state index < -0.39 is 0 Å². The van der Waals surface area contributed by atoms with Gasteiger partial charge in [0.05, 0.1) is 18.8 Å². The van der Waals surface area contributed by atoms with E-state index in [1.807, 2.05) is 0 Å². The van der Waals surface area contributed by atoms with Gasteiger partial charge in [-0.2, -0.15) is 0 Å². The van der Waals surface area contributed by atoms with Crippen LogP contribution in [0.1, 0.15) is 84.5 Å². The molecular weight excluding hydrogens is 352 g/mol. The predicted octanol–water partition coefficient (Wildman–Crippen LogP) is 5.20. The third-order valence-corrected chi connectivity index (χ3v) is 7.75. The van der Waals surface area contributed by atoms with Gasteiger partial charge in [-0.25, -0.2) is 4.79 Å². The van der Waals surface area contributed by atoms with E-state index >= 15 is 0 Å². The number of hydrogen-bond acceptors (Lipinski definition) is 4. The molecule has 0 spiro atoms. The molecule has 1 aliphatic heterocycles. The Kier molecular flexibility index (Phi) is 5.65. The highest BCUT2D eigenvalue weighted by Gasteiger charge is 2.60. The Morgan fingerprint density at radius 2 is 1.71 bits per heavy atom. The maximum atomic E-state index is 12.3. The first kappa shape index (κ1) is 20.4. The molecule has 2 atom stereocenters. The van der Waals surface area contributed by atoms with E-state index in [4.69, 9.17) is 14.2 Å². The molecule has 1 heterocycles. The largest absolute Gasteiger partial charge is 0.456 e. The zero-order valence-corrected chi connectivity index (χ0v) is 17.9. The summed E-state index contributed by atoms with van der Waals surface area (Å²) in [6.45, 7) is 10.5. The topological polar surface area (TPSA) is 44.8 Å². The lowest BCUT2D eigenvalue weighted by atomic mass is 9.52. The lowest BCUT2D eigenvalue weighted by Crippen LogP contribution is -2.61. The summed E-state index contributed by atoms with van der Waals surface area (Å²) in [6, 6.07) is 0. The van der Waals surface area contributed by atoms with Crippen LogP contribution < -0.4 is 0 Å². The van der Waals surface area contributed by atoms with Gasteiger partial charge < -0.3 is 14.2 Å². The highest BCUT2D eigenvalue weighted by Crippen LogP contribution is 2.60. The van der Waals surface area contributed by atoms with Gasteiger partial charge in [0, 0.05) is 24.0 Å². The molecule has 0 radical (unpaired) electrons. The first-order valence-electron chi connectivity index (χ1n) is 11.5. The number of unbranched alkanes of at least 4 members (excludes halogenated alkanes) is 1. The molecule has 28 heavy (non-hydrogen) atoms. The number of carbonyl (C=O) groups excluding carboxylic acids is 1. The Morgan fingerprint density at radius 1 is 1.07 bits per heavy atom. The van der Waals surface area contributed by atoms with Crippen molar-refractivity contribution in [2.75, 3.05) is 19.8 Å². The summed E-state index contributed by atoms with van der Waals surface area (Å²) >= 11 is 0. The molecule has 4 aliphatic carbocycles. The molecule has 0 amide bonds. The Hall–Kier alpha value is -0.870. The van der Waals surface area contributed by atoms with E-state index in [-0.39, 0.29) is 17.2 Å². The summed E-state index contributed by atoms with van der Waals surface area (Å²) < 4.78 is 18.2. The van der Waals surface area contributed by atoms with E-state index in [2.05, 4.69) is 13.5 Å². The van der Waals surface area contributed by atoms with Crippen molar-refractivity contribution in [1.82, 2.24) is 0 Å². The number of carbonyl (C=O) groups is 1. The summed E-state index contributed by atoms with van der Waals surface area (Å²) in [5.74, 6) is 1.07. The van der Waals surface area contributed by atoms with Gasteiger partial charge in [0.1, 0.15) is 5.60 Å². The molecule has 4 saturated carbocycles. The number of rotatable bonds is 10. The van der Waals surface area contributed by atoms with Crippen molar-refractivity contribution in [3.63, 3.8) is 0 Å². The van der Waals surface area contributed by atoms with Crippen LogP contribution in [0.5, 0.6) is 0 Å². The summed E-state index contributed by atoms with van der Waals surface area (Å²) in [6.07, 6.45) is 12.7. The van der Waals surface area contributed by atoms with Crippen LogP contribution in [0.4, 0.5) is 0 Å². The zero-order valence-electron chi connectivity index (χ0n) is 17.9. The van der Waals surface area contributed by atoms with Crippen LogP contribution in [0, 0.1) is 17.3 Å². The molecule has 0 aromatic carbocycles. The molecule has 5 fully saturated rings. The number of ether oxygens (including phenoxy) is 3. The first-order valence-corrected chi connectivity index (χ1v) is 11.5. The second kappa shape index (κ2) is 7.75. The van der Waals surface area contributed by atoms with Crippen LogP contribution in [-0.4, -0.2) is 37.0 Å². The number of hydrogen-bond donors (Lipinski definition) is 0. The molecule has 5 rings (SSSR count). The van der Waals surface area contributed by atoms with Crippen molar-refractivity contribution in [1.29, 1.82) is 0 Å². The van der Waals surface area contributed by atoms with Crippen molar-refractivity contribution in [2.45, 2.75) is 95.7 Å². The molecule has 0 aromatic heterocycles. The van der Waals surface area contributed by atoms with Gasteiger partial charge >= 0.3 is 5.97 Å². The Balaban J connectivity index is 1.33. The van der Waals surface area contributed by atoms with Crippen molar-refractivity contribution in [2.24, 2.45) is 17.3 Å². The van der Waals surface area contributed by atoms with Gasteiger partial charge in [-0.15, -0.1) is 0 Å². The van der Waals surface area contributed by atoms with Crippen LogP contribution in [0.3, 0.4) is 0 Å². The van der Waals surface area contributed by atoms with Gasteiger partial charge in [0.25, 0.3) is 0 Å². The maximum absolute atomic E-state index is 12.3. The molecule has 4 nitrogen and oxygen atoms in total. The van der Waals surface area contributed by atoms with Gasteiger partial charge in [0.2, 0.25) is 0 Å². The highest BCUT2D eigenvalue weighted by atomic mass is 16.6. The standard InChI is InChI=1S/C24H38O4/c1-4-5-7-22(16-26-17-22)8-6-9-27-23-11-19-10-20(12-23)14-24(13-19,15-23)28-21(25)18(2)3/h19-20H,2,4-17H2,1,3H3. The molecule has 4 heteroatoms. The fraction of sp³-hybridized carbons (Fsp3) is 0.875. The monoisotopic (exact) mass is 390 g/mol. The molecule has 5 aliphatic rings. The minimum absolute atomic E-state index is 0.0634. The van der Waals surface area contributed by atoms with E-state index in [1.54, 1.807) is 6.92 Å². The summed E-state index contributed by atoms with van der Waals surface area (Å²) in [7, 11) is 0. The van der Waals surface area contributed by atoms with Gasteiger partial charge in [-0.1, -0.05) is 26.3 Å². The minimum atomic E-state index is -0.301. The molecule has 4 bridgehead atoms. The summed E-state index contributed by atoms with van der Waals surface area (Å²) in [4.78, 5) is 12.3. The fourth-order valence-electron chi connectivity index (χ4n) is 6.76. The normalized spacial score (nSPS) is 37.5. The third kappa shape index (κ3) is 4.05. The van der Waals surface area contributed by atoms with E-state index in [0.29, 0.717) is 22.8 Å².